The molecule has 9 heteroatoms. The van der Waals surface area contributed by atoms with Crippen LogP contribution < -0.4 is 15.0 Å². The van der Waals surface area contributed by atoms with Crippen LogP contribution in [0.25, 0.3) is 16.9 Å². The minimum atomic E-state index is -0.330. The number of nitrogens with zero attached hydrogens (tertiary/aromatic N) is 5. The predicted octanol–water partition coefficient (Wildman–Crippen LogP) is 2.32. The van der Waals surface area contributed by atoms with Gasteiger partial charge in [-0.3, -0.25) is 0 Å². The van der Waals surface area contributed by atoms with Gasteiger partial charge in [0.2, 0.25) is 5.88 Å². The number of nitrogens with one attached hydrogen (secondary N) is 1. The van der Waals surface area contributed by atoms with Crippen LogP contribution in [-0.4, -0.2) is 58.1 Å². The molecule has 8 nitrogen and oxygen atoms in total. The molecule has 0 saturated carbocycles. The van der Waals surface area contributed by atoms with E-state index in [1.807, 2.05) is 23.2 Å². The predicted molar refractivity (Wildman–Crippen MR) is 112 cm³/mol. The molecule has 1 N–H and O–H groups in total. The van der Waals surface area contributed by atoms with Crippen LogP contribution in [0.2, 0.25) is 0 Å². The highest BCUT2D eigenvalue weighted by molar-refractivity contribution is 5.69. The second kappa shape index (κ2) is 7.58. The Hall–Kier alpha value is -3.04. The van der Waals surface area contributed by atoms with Gasteiger partial charge in [-0.05, 0) is 25.0 Å². The van der Waals surface area contributed by atoms with E-state index in [1.54, 1.807) is 17.1 Å². The fourth-order valence-corrected chi connectivity index (χ4v) is 4.41. The third kappa shape index (κ3) is 3.43. The highest BCUT2D eigenvalue weighted by Gasteiger charge is 2.27. The van der Waals surface area contributed by atoms with E-state index in [-0.39, 0.29) is 5.82 Å². The first-order chi connectivity index (χ1) is 15.2. The molecule has 0 bridgehead atoms. The summed E-state index contributed by atoms with van der Waals surface area (Å²) >= 11 is 0. The number of rotatable bonds is 4. The van der Waals surface area contributed by atoms with E-state index in [4.69, 9.17) is 9.47 Å². The van der Waals surface area contributed by atoms with Crippen molar-refractivity contribution in [3.05, 3.63) is 48.2 Å². The van der Waals surface area contributed by atoms with Gasteiger partial charge in [0.1, 0.15) is 12.3 Å². The summed E-state index contributed by atoms with van der Waals surface area (Å²) in [6, 6.07) is 6.21. The molecule has 0 aliphatic carbocycles. The number of anilines is 1. The van der Waals surface area contributed by atoms with Gasteiger partial charge in [0, 0.05) is 43.2 Å². The molecule has 0 unspecified atom stereocenters. The fraction of sp³-hybridized carbons (Fsp3) is 0.409. The van der Waals surface area contributed by atoms with Gasteiger partial charge in [0.05, 0.1) is 36.7 Å². The Labute approximate surface area is 179 Å². The zero-order valence-electron chi connectivity index (χ0n) is 17.0. The topological polar surface area (TPSA) is 77.3 Å². The summed E-state index contributed by atoms with van der Waals surface area (Å²) in [4.78, 5) is 10.7. The first kappa shape index (κ1) is 18.7. The van der Waals surface area contributed by atoms with Crippen molar-refractivity contribution >= 4 is 5.82 Å². The average Bonchev–Trinajstić information content (AvgIpc) is 3.22. The smallest absolute Gasteiger partial charge is 0.223 e. The van der Waals surface area contributed by atoms with Gasteiger partial charge >= 0.3 is 0 Å². The van der Waals surface area contributed by atoms with E-state index < -0.39 is 0 Å². The molecule has 2 saturated heterocycles. The summed E-state index contributed by atoms with van der Waals surface area (Å²) in [7, 11) is 0. The van der Waals surface area contributed by atoms with Crippen molar-refractivity contribution in [2.24, 2.45) is 0 Å². The molecular formula is C22H23FN6O2. The van der Waals surface area contributed by atoms with Crippen LogP contribution in [0.1, 0.15) is 18.4 Å². The molecule has 31 heavy (non-hydrogen) atoms. The van der Waals surface area contributed by atoms with Gasteiger partial charge in [-0.15, -0.1) is 0 Å². The van der Waals surface area contributed by atoms with Gasteiger partial charge in [-0.25, -0.2) is 19.0 Å². The Morgan fingerprint density at radius 3 is 2.77 bits per heavy atom. The summed E-state index contributed by atoms with van der Waals surface area (Å²) in [6.45, 7) is 3.55. The van der Waals surface area contributed by atoms with Crippen LogP contribution >= 0.6 is 0 Å². The number of aromatic nitrogens is 4. The molecule has 0 radical (unpaired) electrons. The third-order valence-electron chi connectivity index (χ3n) is 6.16. The van der Waals surface area contributed by atoms with Crippen LogP contribution in [0.3, 0.4) is 0 Å². The summed E-state index contributed by atoms with van der Waals surface area (Å²) in [5.41, 5.74) is 3.18. The summed E-state index contributed by atoms with van der Waals surface area (Å²) < 4.78 is 27.6. The van der Waals surface area contributed by atoms with Gasteiger partial charge in [0.25, 0.3) is 0 Å². The van der Waals surface area contributed by atoms with Gasteiger partial charge in [-0.1, -0.05) is 0 Å². The number of halogens is 1. The molecule has 3 aromatic rings. The number of hydrogen-bond acceptors (Lipinski definition) is 7. The minimum absolute atomic E-state index is 0.330. The molecule has 2 fully saturated rings. The quantitative estimate of drug-likeness (QED) is 0.691. The number of fused-ring (bicyclic) bond motifs is 3. The molecule has 3 aliphatic rings. The molecule has 160 valence electrons. The van der Waals surface area contributed by atoms with Gasteiger partial charge in [0.15, 0.2) is 11.6 Å². The molecular weight excluding hydrogens is 399 g/mol. The Bertz CT molecular complexity index is 1110. The molecule has 0 spiro atoms. The second-order valence-corrected chi connectivity index (χ2v) is 8.25. The summed E-state index contributed by atoms with van der Waals surface area (Å²) in [5, 5.41) is 8.27. The Kier molecular flexibility index (Phi) is 4.57. The lowest BCUT2D eigenvalue weighted by molar-refractivity contribution is -0.0111. The Morgan fingerprint density at radius 2 is 2.00 bits per heavy atom. The summed E-state index contributed by atoms with van der Waals surface area (Å²) in [5.74, 6) is 0.648. The zero-order chi connectivity index (χ0) is 20.8. The van der Waals surface area contributed by atoms with Gasteiger partial charge < -0.3 is 19.7 Å². The van der Waals surface area contributed by atoms with Crippen molar-refractivity contribution in [2.45, 2.75) is 31.5 Å². The molecule has 0 aromatic carbocycles. The maximum Gasteiger partial charge on any atom is 0.223 e. The normalized spacial score (nSPS) is 18.8. The maximum atomic E-state index is 15.0. The van der Waals surface area contributed by atoms with Crippen molar-refractivity contribution in [3.63, 3.8) is 0 Å². The van der Waals surface area contributed by atoms with Crippen LogP contribution in [0.15, 0.2) is 36.8 Å². The second-order valence-electron chi connectivity index (χ2n) is 8.25. The van der Waals surface area contributed by atoms with Crippen molar-refractivity contribution in [2.75, 3.05) is 31.2 Å². The lowest BCUT2D eigenvalue weighted by Crippen LogP contribution is -2.53. The van der Waals surface area contributed by atoms with Crippen molar-refractivity contribution in [1.82, 2.24) is 25.1 Å². The van der Waals surface area contributed by atoms with Crippen molar-refractivity contribution in [1.29, 1.82) is 0 Å². The maximum absolute atomic E-state index is 15.0. The summed E-state index contributed by atoms with van der Waals surface area (Å²) in [6.07, 6.45) is 7.18. The number of hydrogen-bond donors (Lipinski definition) is 1. The molecule has 0 atom stereocenters. The lowest BCUT2D eigenvalue weighted by atomic mass is 10.0. The molecule has 6 rings (SSSR count). The Balaban J connectivity index is 1.19. The van der Waals surface area contributed by atoms with E-state index in [1.165, 1.54) is 6.07 Å². The number of piperidine rings is 1. The van der Waals surface area contributed by atoms with Crippen LogP contribution in [-0.2, 0) is 11.3 Å². The average molecular weight is 422 g/mol. The van der Waals surface area contributed by atoms with Crippen LogP contribution in [0.4, 0.5) is 10.2 Å². The van der Waals surface area contributed by atoms with Crippen LogP contribution in [0.5, 0.6) is 5.88 Å². The first-order valence-electron chi connectivity index (χ1n) is 10.7. The molecule has 3 aliphatic heterocycles. The molecule has 3 aromatic heterocycles. The van der Waals surface area contributed by atoms with Crippen molar-refractivity contribution < 1.29 is 13.9 Å². The van der Waals surface area contributed by atoms with E-state index in [2.05, 4.69) is 20.4 Å². The number of pyridine rings is 2. The van der Waals surface area contributed by atoms with E-state index in [9.17, 15) is 0 Å². The highest BCUT2D eigenvalue weighted by atomic mass is 19.1. The van der Waals surface area contributed by atoms with Crippen LogP contribution in [0, 0.1) is 5.82 Å². The van der Waals surface area contributed by atoms with Gasteiger partial charge in [-0.2, -0.15) is 5.10 Å². The third-order valence-corrected chi connectivity index (χ3v) is 6.16. The van der Waals surface area contributed by atoms with Crippen molar-refractivity contribution in [3.8, 4) is 22.8 Å². The standard InChI is InChI=1S/C22H23FN6O2/c23-19-8-17(29-10-14-11-31-22-18(20(14)27-29)2-1-5-24-22)9-25-21(19)28-6-3-15(4-7-28)26-16-12-30-13-16/h1-2,5,8-10,15-16,26H,3-4,6-7,11-13H2. The Morgan fingerprint density at radius 1 is 1.13 bits per heavy atom. The fourth-order valence-electron chi connectivity index (χ4n) is 4.41. The highest BCUT2D eigenvalue weighted by Crippen LogP contribution is 2.35. The SMILES string of the molecule is Fc1cc(-n2cc3c(n2)-c2cccnc2OC3)cnc1N1CCC(NC2COC2)CC1. The van der Waals surface area contributed by atoms with E-state index in [0.29, 0.717) is 36.1 Å². The lowest BCUT2D eigenvalue weighted by Gasteiger charge is -2.37. The monoisotopic (exact) mass is 422 g/mol. The minimum Gasteiger partial charge on any atom is -0.472 e. The van der Waals surface area contributed by atoms with E-state index >= 15 is 4.39 Å². The first-order valence-corrected chi connectivity index (χ1v) is 10.7. The molecule has 6 heterocycles. The zero-order valence-corrected chi connectivity index (χ0v) is 17.0. The number of ether oxygens (including phenoxy) is 2. The molecule has 0 amide bonds. The van der Waals surface area contributed by atoms with E-state index in [0.717, 1.165) is 56.0 Å². The largest absolute Gasteiger partial charge is 0.472 e.